The van der Waals surface area contributed by atoms with Crippen LogP contribution in [-0.2, 0) is 4.74 Å². The summed E-state index contributed by atoms with van der Waals surface area (Å²) in [5.74, 6) is -2.92. The zero-order valence-corrected chi connectivity index (χ0v) is 10.4. The van der Waals surface area contributed by atoms with E-state index < -0.39 is 36.1 Å². The van der Waals surface area contributed by atoms with Crippen LogP contribution in [0.3, 0.4) is 0 Å². The number of nitrogens with two attached hydrogens (primary N) is 1. The number of hydrogen-bond donors (Lipinski definition) is 2. The molecule has 1 rings (SSSR count). The van der Waals surface area contributed by atoms with Gasteiger partial charge in [-0.3, -0.25) is 0 Å². The van der Waals surface area contributed by atoms with Crippen LogP contribution < -0.4 is 11.1 Å². The third kappa shape index (κ3) is 4.46. The van der Waals surface area contributed by atoms with Crippen molar-refractivity contribution in [2.75, 3.05) is 0 Å². The van der Waals surface area contributed by atoms with Gasteiger partial charge in [-0.2, -0.15) is 0 Å². The van der Waals surface area contributed by atoms with Gasteiger partial charge in [0.25, 0.3) is 5.92 Å². The highest BCUT2D eigenvalue weighted by atomic mass is 19.3. The van der Waals surface area contributed by atoms with Gasteiger partial charge in [0.05, 0.1) is 6.04 Å². The first-order valence-electron chi connectivity index (χ1n) is 5.73. The number of alkyl halides is 2. The predicted molar refractivity (Wildman–Crippen MR) is 59.9 cm³/mol. The van der Waals surface area contributed by atoms with Gasteiger partial charge >= 0.3 is 6.09 Å². The highest BCUT2D eigenvalue weighted by Gasteiger charge is 2.43. The van der Waals surface area contributed by atoms with Gasteiger partial charge in [-0.05, 0) is 33.6 Å². The molecule has 0 saturated heterocycles. The molecule has 0 spiro atoms. The monoisotopic (exact) mass is 250 g/mol. The van der Waals surface area contributed by atoms with E-state index in [4.69, 9.17) is 10.5 Å². The van der Waals surface area contributed by atoms with E-state index in [0.29, 0.717) is 6.42 Å². The Labute approximate surface area is 99.9 Å². The number of halogens is 2. The minimum atomic E-state index is -2.92. The zero-order chi connectivity index (χ0) is 13.3. The number of alkyl carbamates (subject to hydrolysis) is 1. The van der Waals surface area contributed by atoms with E-state index in [9.17, 15) is 13.6 Å². The van der Waals surface area contributed by atoms with Crippen LogP contribution in [0.15, 0.2) is 0 Å². The van der Waals surface area contributed by atoms with Gasteiger partial charge in [0.1, 0.15) is 5.60 Å². The Morgan fingerprint density at radius 2 is 2.00 bits per heavy atom. The molecule has 0 aromatic carbocycles. The lowest BCUT2D eigenvalue weighted by atomic mass is 9.88. The lowest BCUT2D eigenvalue weighted by Crippen LogP contribution is -2.52. The zero-order valence-electron chi connectivity index (χ0n) is 10.4. The second-order valence-corrected chi connectivity index (χ2v) is 5.49. The van der Waals surface area contributed by atoms with E-state index in [1.54, 1.807) is 20.8 Å². The van der Waals surface area contributed by atoms with Crippen molar-refractivity contribution < 1.29 is 18.3 Å². The number of ether oxygens (including phenoxy) is 1. The molecule has 0 radical (unpaired) electrons. The van der Waals surface area contributed by atoms with Crippen molar-refractivity contribution in [2.45, 2.75) is 63.6 Å². The molecule has 6 heteroatoms. The first-order chi connectivity index (χ1) is 7.60. The number of nitrogens with one attached hydrogen (secondary N) is 1. The summed E-state index contributed by atoms with van der Waals surface area (Å²) in [7, 11) is 0. The van der Waals surface area contributed by atoms with Crippen LogP contribution in [0.2, 0.25) is 0 Å². The fraction of sp³-hybridized carbons (Fsp3) is 0.909. The Hall–Kier alpha value is -0.910. The summed E-state index contributed by atoms with van der Waals surface area (Å²) in [6.07, 6.45) is -0.426. The third-order valence-electron chi connectivity index (χ3n) is 2.61. The molecule has 1 aliphatic carbocycles. The van der Waals surface area contributed by atoms with Crippen LogP contribution in [-0.4, -0.2) is 29.7 Å². The summed E-state index contributed by atoms with van der Waals surface area (Å²) in [5, 5.41) is 2.45. The average molecular weight is 250 g/mol. The maximum atomic E-state index is 13.3. The number of rotatable bonds is 1. The van der Waals surface area contributed by atoms with Gasteiger partial charge in [-0.25, -0.2) is 13.6 Å². The molecule has 1 fully saturated rings. The molecule has 0 aromatic rings. The van der Waals surface area contributed by atoms with Crippen LogP contribution in [0.4, 0.5) is 13.6 Å². The van der Waals surface area contributed by atoms with Gasteiger partial charge in [0.15, 0.2) is 0 Å². The van der Waals surface area contributed by atoms with Gasteiger partial charge in [0, 0.05) is 12.5 Å². The van der Waals surface area contributed by atoms with Crippen molar-refractivity contribution in [1.82, 2.24) is 5.32 Å². The Kier molecular flexibility index (Phi) is 3.96. The first-order valence-corrected chi connectivity index (χ1v) is 5.73. The molecule has 3 N–H and O–H groups in total. The Bertz CT molecular complexity index is 290. The third-order valence-corrected chi connectivity index (χ3v) is 2.61. The molecule has 2 atom stereocenters. The predicted octanol–water partition coefficient (Wildman–Crippen LogP) is 2.03. The van der Waals surface area contributed by atoms with Crippen molar-refractivity contribution in [2.24, 2.45) is 5.73 Å². The van der Waals surface area contributed by atoms with Crippen molar-refractivity contribution in [3.8, 4) is 0 Å². The van der Waals surface area contributed by atoms with Crippen LogP contribution in [0, 0.1) is 0 Å². The number of carbonyl (C=O) groups is 1. The fourth-order valence-electron chi connectivity index (χ4n) is 1.77. The normalized spacial score (nSPS) is 28.6. The quantitative estimate of drug-likeness (QED) is 0.748. The topological polar surface area (TPSA) is 64.3 Å². The lowest BCUT2D eigenvalue weighted by Gasteiger charge is -2.34. The average Bonchev–Trinajstić information content (AvgIpc) is 2.07. The van der Waals surface area contributed by atoms with Gasteiger partial charge in [0.2, 0.25) is 0 Å². The molecule has 0 aliphatic heterocycles. The van der Waals surface area contributed by atoms with Gasteiger partial charge < -0.3 is 15.8 Å². The smallest absolute Gasteiger partial charge is 0.407 e. The summed E-state index contributed by atoms with van der Waals surface area (Å²) in [6, 6.07) is -1.68. The van der Waals surface area contributed by atoms with Crippen molar-refractivity contribution >= 4 is 6.09 Å². The molecule has 0 aromatic heterocycles. The Balaban J connectivity index is 2.46. The van der Waals surface area contributed by atoms with Gasteiger partial charge in [-0.1, -0.05) is 0 Å². The molecule has 0 bridgehead atoms. The summed E-state index contributed by atoms with van der Waals surface area (Å²) in [4.78, 5) is 11.4. The Morgan fingerprint density at radius 3 is 2.47 bits per heavy atom. The molecule has 1 amide bonds. The summed E-state index contributed by atoms with van der Waals surface area (Å²) in [6.45, 7) is 5.16. The van der Waals surface area contributed by atoms with Crippen LogP contribution in [0.25, 0.3) is 0 Å². The fourth-order valence-corrected chi connectivity index (χ4v) is 1.77. The molecule has 0 heterocycles. The second kappa shape index (κ2) is 4.76. The molecule has 17 heavy (non-hydrogen) atoms. The molecule has 1 saturated carbocycles. The highest BCUT2D eigenvalue weighted by molar-refractivity contribution is 5.68. The van der Waals surface area contributed by atoms with Crippen molar-refractivity contribution in [3.63, 3.8) is 0 Å². The Morgan fingerprint density at radius 1 is 1.41 bits per heavy atom. The molecule has 1 aliphatic rings. The van der Waals surface area contributed by atoms with E-state index >= 15 is 0 Å². The number of hydrogen-bond acceptors (Lipinski definition) is 3. The molecular weight excluding hydrogens is 230 g/mol. The van der Waals surface area contributed by atoms with Gasteiger partial charge in [-0.15, -0.1) is 0 Å². The summed E-state index contributed by atoms with van der Waals surface area (Å²) >= 11 is 0. The first kappa shape index (κ1) is 14.2. The highest BCUT2D eigenvalue weighted by Crippen LogP contribution is 2.32. The summed E-state index contributed by atoms with van der Waals surface area (Å²) < 4.78 is 31.6. The SMILES string of the molecule is CC(C)(C)OC(=O)N[C@H]1CC[C@H](N)C(F)(F)C1. The minimum absolute atomic E-state index is 0.202. The van der Waals surface area contributed by atoms with Crippen LogP contribution >= 0.6 is 0 Å². The lowest BCUT2D eigenvalue weighted by molar-refractivity contribution is -0.0615. The van der Waals surface area contributed by atoms with Crippen molar-refractivity contribution in [3.05, 3.63) is 0 Å². The number of amides is 1. The van der Waals surface area contributed by atoms with E-state index in [1.165, 1.54) is 0 Å². The molecule has 4 nitrogen and oxygen atoms in total. The molecular formula is C11H20F2N2O2. The maximum Gasteiger partial charge on any atom is 0.407 e. The maximum absolute atomic E-state index is 13.3. The summed E-state index contributed by atoms with van der Waals surface area (Å²) in [5.41, 5.74) is 4.69. The van der Waals surface area contributed by atoms with E-state index in [-0.39, 0.29) is 6.42 Å². The van der Waals surface area contributed by atoms with Crippen LogP contribution in [0.1, 0.15) is 40.0 Å². The standard InChI is InChI=1S/C11H20F2N2O2/c1-10(2,3)17-9(16)15-7-4-5-8(14)11(12,13)6-7/h7-8H,4-6,14H2,1-3H3,(H,15,16)/t7-,8-/m0/s1. The van der Waals surface area contributed by atoms with E-state index in [1.807, 2.05) is 0 Å². The minimum Gasteiger partial charge on any atom is -0.444 e. The molecule has 0 unspecified atom stereocenters. The van der Waals surface area contributed by atoms with E-state index in [2.05, 4.69) is 5.32 Å². The molecule has 100 valence electrons. The number of carbonyl (C=O) groups excluding carboxylic acids is 1. The second-order valence-electron chi connectivity index (χ2n) is 5.49. The van der Waals surface area contributed by atoms with Crippen molar-refractivity contribution in [1.29, 1.82) is 0 Å². The van der Waals surface area contributed by atoms with E-state index in [0.717, 1.165) is 0 Å². The van der Waals surface area contributed by atoms with Crippen LogP contribution in [0.5, 0.6) is 0 Å². The largest absolute Gasteiger partial charge is 0.444 e.